The van der Waals surface area contributed by atoms with Crippen LogP contribution in [0.15, 0.2) is 78.5 Å². The molecule has 188 valence electrons. The van der Waals surface area contributed by atoms with Gasteiger partial charge in [0.15, 0.2) is 0 Å². The highest BCUT2D eigenvalue weighted by molar-refractivity contribution is 6.10. The van der Waals surface area contributed by atoms with Crippen molar-refractivity contribution in [3.8, 4) is 17.6 Å². The maximum Gasteiger partial charge on any atom is 0.266 e. The molecule has 0 atom stereocenters. The summed E-state index contributed by atoms with van der Waals surface area (Å²) in [5.41, 5.74) is 4.78. The second kappa shape index (κ2) is 11.5. The number of carbonyl (C=O) groups is 1. The molecular weight excluding hydrogens is 462 g/mol. The second-order valence-electron chi connectivity index (χ2n) is 9.19. The van der Waals surface area contributed by atoms with Gasteiger partial charge in [0.2, 0.25) is 0 Å². The molecule has 0 spiro atoms. The van der Waals surface area contributed by atoms with Crippen molar-refractivity contribution in [2.24, 2.45) is 0 Å². The van der Waals surface area contributed by atoms with Crippen molar-refractivity contribution < 1.29 is 14.3 Å². The van der Waals surface area contributed by atoms with E-state index in [2.05, 4.69) is 48.9 Å². The zero-order valence-electron chi connectivity index (χ0n) is 21.6. The Hall–Kier alpha value is -4.50. The molecule has 6 nitrogen and oxygen atoms in total. The minimum atomic E-state index is -0.464. The van der Waals surface area contributed by atoms with Gasteiger partial charge in [0.05, 0.1) is 13.7 Å². The average molecular weight is 494 g/mol. The number of ether oxygens (including phenoxy) is 2. The van der Waals surface area contributed by atoms with Crippen molar-refractivity contribution in [2.75, 3.05) is 19.0 Å². The molecule has 0 saturated heterocycles. The molecule has 37 heavy (non-hydrogen) atoms. The van der Waals surface area contributed by atoms with Crippen LogP contribution in [0, 0.1) is 18.3 Å². The number of anilines is 1. The molecule has 1 aromatic heterocycles. The number of hydrogen-bond acceptors (Lipinski definition) is 4. The molecule has 0 aliphatic rings. The number of benzene rings is 3. The first-order chi connectivity index (χ1) is 17.9. The van der Waals surface area contributed by atoms with Gasteiger partial charge >= 0.3 is 0 Å². The summed E-state index contributed by atoms with van der Waals surface area (Å²) in [6.07, 6.45) is 3.60. The number of para-hydroxylation sites is 1. The Morgan fingerprint density at radius 2 is 1.86 bits per heavy atom. The van der Waals surface area contributed by atoms with Crippen LogP contribution >= 0.6 is 0 Å². The lowest BCUT2D eigenvalue weighted by molar-refractivity contribution is -0.112. The van der Waals surface area contributed by atoms with E-state index >= 15 is 0 Å². The first kappa shape index (κ1) is 25.6. The maximum absolute atomic E-state index is 12.8. The smallest absolute Gasteiger partial charge is 0.266 e. The summed E-state index contributed by atoms with van der Waals surface area (Å²) in [5.74, 6) is 1.50. The maximum atomic E-state index is 12.8. The quantitative estimate of drug-likeness (QED) is 0.208. The fraction of sp³-hybridized carbons (Fsp3) is 0.226. The molecule has 3 aromatic carbocycles. The average Bonchev–Trinajstić information content (AvgIpc) is 3.24. The van der Waals surface area contributed by atoms with Gasteiger partial charge in [0.1, 0.15) is 29.7 Å². The molecule has 0 unspecified atom stereocenters. The number of fused-ring (bicyclic) bond motifs is 1. The lowest BCUT2D eigenvalue weighted by Crippen LogP contribution is -2.13. The van der Waals surface area contributed by atoms with Gasteiger partial charge in [-0.3, -0.25) is 4.79 Å². The zero-order valence-corrected chi connectivity index (χ0v) is 21.6. The number of aryl methyl sites for hydroxylation is 1. The van der Waals surface area contributed by atoms with E-state index < -0.39 is 5.91 Å². The van der Waals surface area contributed by atoms with E-state index in [4.69, 9.17) is 9.47 Å². The van der Waals surface area contributed by atoms with E-state index in [1.54, 1.807) is 37.5 Å². The van der Waals surface area contributed by atoms with Crippen LogP contribution in [0.5, 0.6) is 11.5 Å². The van der Waals surface area contributed by atoms with E-state index in [-0.39, 0.29) is 5.57 Å². The van der Waals surface area contributed by atoms with E-state index in [0.29, 0.717) is 30.5 Å². The number of methoxy groups -OCH3 is 1. The topological polar surface area (TPSA) is 76.3 Å². The lowest BCUT2D eigenvalue weighted by Gasteiger charge is -2.15. The molecule has 0 radical (unpaired) electrons. The Morgan fingerprint density at radius 1 is 1.11 bits per heavy atom. The van der Waals surface area contributed by atoms with Gasteiger partial charge in [0.25, 0.3) is 5.91 Å². The van der Waals surface area contributed by atoms with Crippen molar-refractivity contribution in [2.45, 2.75) is 33.2 Å². The summed E-state index contributed by atoms with van der Waals surface area (Å²) in [4.78, 5) is 12.8. The Kier molecular flexibility index (Phi) is 7.95. The van der Waals surface area contributed by atoms with Crippen LogP contribution in [0.25, 0.3) is 17.0 Å². The monoisotopic (exact) mass is 493 g/mol. The molecule has 1 heterocycles. The standard InChI is InChI=1S/C31H31N3O3/c1-21(2)27-14-9-22(3)17-30(27)37-16-15-34-20-24(28-7-5-6-8-29(28)34)18-23(19-32)31(35)33-25-10-12-26(36-4)13-11-25/h5-14,17-18,20-21H,15-16H2,1-4H3,(H,33,35)/b23-18+. The molecule has 6 heteroatoms. The summed E-state index contributed by atoms with van der Waals surface area (Å²) in [7, 11) is 1.58. The molecule has 1 N–H and O–H groups in total. The number of nitriles is 1. The molecular formula is C31H31N3O3. The van der Waals surface area contributed by atoms with Crippen LogP contribution in [0.2, 0.25) is 0 Å². The Labute approximate surface area is 217 Å². The normalized spacial score (nSPS) is 11.4. The summed E-state index contributed by atoms with van der Waals surface area (Å²) in [5, 5.41) is 13.5. The van der Waals surface area contributed by atoms with Gasteiger partial charge in [-0.1, -0.05) is 44.2 Å². The highest BCUT2D eigenvalue weighted by Crippen LogP contribution is 2.28. The van der Waals surface area contributed by atoms with E-state index in [1.165, 1.54) is 5.56 Å². The Balaban J connectivity index is 1.55. The van der Waals surface area contributed by atoms with Gasteiger partial charge in [-0.15, -0.1) is 0 Å². The predicted molar refractivity (Wildman–Crippen MR) is 148 cm³/mol. The van der Waals surface area contributed by atoms with Crippen molar-refractivity contribution in [1.82, 2.24) is 4.57 Å². The minimum Gasteiger partial charge on any atom is -0.497 e. The third kappa shape index (κ3) is 6.02. The van der Waals surface area contributed by atoms with Gasteiger partial charge in [-0.05, 0) is 66.4 Å². The molecule has 0 aliphatic heterocycles. The lowest BCUT2D eigenvalue weighted by atomic mass is 10.0. The van der Waals surface area contributed by atoms with Crippen LogP contribution in [0.1, 0.15) is 36.5 Å². The fourth-order valence-electron chi connectivity index (χ4n) is 4.25. The first-order valence-corrected chi connectivity index (χ1v) is 12.3. The highest BCUT2D eigenvalue weighted by atomic mass is 16.5. The van der Waals surface area contributed by atoms with Crippen LogP contribution in [-0.4, -0.2) is 24.2 Å². The number of aromatic nitrogens is 1. The number of amides is 1. The Bertz CT molecular complexity index is 1470. The zero-order chi connectivity index (χ0) is 26.4. The van der Waals surface area contributed by atoms with Crippen molar-refractivity contribution >= 4 is 28.6 Å². The Morgan fingerprint density at radius 3 is 2.57 bits per heavy atom. The first-order valence-electron chi connectivity index (χ1n) is 12.3. The molecule has 0 fully saturated rings. The van der Waals surface area contributed by atoms with Crippen LogP contribution in [0.4, 0.5) is 5.69 Å². The molecule has 4 rings (SSSR count). The molecule has 4 aromatic rings. The highest BCUT2D eigenvalue weighted by Gasteiger charge is 2.14. The van der Waals surface area contributed by atoms with Crippen molar-refractivity contribution in [3.05, 3.63) is 95.2 Å². The van der Waals surface area contributed by atoms with Gasteiger partial charge < -0.3 is 19.4 Å². The van der Waals surface area contributed by atoms with Crippen LogP contribution in [0.3, 0.4) is 0 Å². The summed E-state index contributed by atoms with van der Waals surface area (Å²) < 4.78 is 13.5. The fourth-order valence-corrected chi connectivity index (χ4v) is 4.25. The largest absolute Gasteiger partial charge is 0.497 e. The summed E-state index contributed by atoms with van der Waals surface area (Å²) >= 11 is 0. The number of hydrogen-bond donors (Lipinski definition) is 1. The third-order valence-corrected chi connectivity index (χ3v) is 6.21. The van der Waals surface area contributed by atoms with Crippen molar-refractivity contribution in [3.63, 3.8) is 0 Å². The van der Waals surface area contributed by atoms with Crippen molar-refractivity contribution in [1.29, 1.82) is 5.26 Å². The van der Waals surface area contributed by atoms with Gasteiger partial charge in [0, 0.05) is 28.4 Å². The molecule has 0 bridgehead atoms. The summed E-state index contributed by atoms with van der Waals surface area (Å²) in [6, 6.07) is 23.3. The van der Waals surface area contributed by atoms with E-state index in [1.807, 2.05) is 36.5 Å². The number of carbonyl (C=O) groups excluding carboxylic acids is 1. The predicted octanol–water partition coefficient (Wildman–Crippen LogP) is 6.71. The molecule has 0 aliphatic carbocycles. The van der Waals surface area contributed by atoms with Crippen LogP contribution in [-0.2, 0) is 11.3 Å². The molecule has 0 saturated carbocycles. The number of rotatable bonds is 9. The molecule has 1 amide bonds. The number of nitrogens with one attached hydrogen (secondary N) is 1. The van der Waals surface area contributed by atoms with Gasteiger partial charge in [-0.25, -0.2) is 0 Å². The van der Waals surface area contributed by atoms with Gasteiger partial charge in [-0.2, -0.15) is 5.26 Å². The number of nitrogens with zero attached hydrogens (tertiary/aromatic N) is 2. The van der Waals surface area contributed by atoms with Crippen LogP contribution < -0.4 is 14.8 Å². The second-order valence-corrected chi connectivity index (χ2v) is 9.19. The minimum absolute atomic E-state index is 0.0244. The van der Waals surface area contributed by atoms with E-state index in [0.717, 1.165) is 27.8 Å². The third-order valence-electron chi connectivity index (χ3n) is 6.21. The SMILES string of the molecule is COc1ccc(NC(=O)/C(C#N)=C/c2cn(CCOc3cc(C)ccc3C(C)C)c3ccccc23)cc1. The van der Waals surface area contributed by atoms with E-state index in [9.17, 15) is 10.1 Å². The summed E-state index contributed by atoms with van der Waals surface area (Å²) in [6.45, 7) is 7.50.